The average Bonchev–Trinajstić information content (AvgIpc) is 2.63. The Morgan fingerprint density at radius 2 is 1.85 bits per heavy atom. The Morgan fingerprint density at radius 1 is 1.15 bits per heavy atom. The third kappa shape index (κ3) is 4.69. The first-order chi connectivity index (χ1) is 12.4. The molecular formula is C18H13N3O5. The molecular weight excluding hydrogens is 338 g/mol. The molecule has 0 atom stereocenters. The van der Waals surface area contributed by atoms with E-state index in [9.17, 15) is 25.1 Å². The quantitative estimate of drug-likeness (QED) is 0.249. The van der Waals surface area contributed by atoms with Crippen molar-refractivity contribution in [1.82, 2.24) is 5.32 Å². The Labute approximate surface area is 148 Å². The van der Waals surface area contributed by atoms with Crippen molar-refractivity contribution in [2.45, 2.75) is 0 Å². The van der Waals surface area contributed by atoms with E-state index in [1.54, 1.807) is 18.2 Å². The number of hydrogen-bond donors (Lipinski definition) is 3. The van der Waals surface area contributed by atoms with Crippen LogP contribution in [0, 0.1) is 21.4 Å². The number of carbonyl (C=O) groups is 1. The Kier molecular flexibility index (Phi) is 5.69. The van der Waals surface area contributed by atoms with E-state index >= 15 is 0 Å². The van der Waals surface area contributed by atoms with E-state index in [2.05, 4.69) is 5.32 Å². The number of non-ortho nitro benzene ring substituents is 1. The van der Waals surface area contributed by atoms with Gasteiger partial charge >= 0.3 is 0 Å². The molecule has 2 rings (SSSR count). The summed E-state index contributed by atoms with van der Waals surface area (Å²) in [6.45, 7) is 0. The van der Waals surface area contributed by atoms with E-state index in [0.29, 0.717) is 5.56 Å². The first kappa shape index (κ1) is 18.2. The fourth-order valence-electron chi connectivity index (χ4n) is 1.93. The standard InChI is InChI=1S/C18H13N3O5/c19-11-14(20-18(24)13-6-9-16(22)17(23)10-13)3-1-2-12-4-7-15(8-5-12)21(25)26/h1-10,22-23H,(H,20,24). The lowest BCUT2D eigenvalue weighted by Gasteiger charge is -2.04. The van der Waals surface area contributed by atoms with Gasteiger partial charge in [-0.2, -0.15) is 5.26 Å². The molecule has 0 aliphatic carbocycles. The van der Waals surface area contributed by atoms with E-state index in [1.807, 2.05) is 6.07 Å². The first-order valence-corrected chi connectivity index (χ1v) is 7.27. The van der Waals surface area contributed by atoms with Gasteiger partial charge in [-0.25, -0.2) is 0 Å². The zero-order chi connectivity index (χ0) is 19.1. The van der Waals surface area contributed by atoms with Crippen LogP contribution in [-0.4, -0.2) is 21.0 Å². The molecule has 0 aliphatic rings. The highest BCUT2D eigenvalue weighted by Gasteiger charge is 2.10. The second kappa shape index (κ2) is 8.12. The molecule has 0 aliphatic heterocycles. The van der Waals surface area contributed by atoms with Crippen molar-refractivity contribution in [3.8, 4) is 17.6 Å². The number of nitrogens with zero attached hydrogens (tertiary/aromatic N) is 2. The molecule has 26 heavy (non-hydrogen) atoms. The maximum atomic E-state index is 12.0. The number of nitro benzene ring substituents is 1. The molecule has 8 heteroatoms. The number of phenols is 2. The molecule has 0 fully saturated rings. The van der Waals surface area contributed by atoms with Crippen LogP contribution in [0.3, 0.4) is 0 Å². The highest BCUT2D eigenvalue weighted by molar-refractivity contribution is 5.96. The van der Waals surface area contributed by atoms with Crippen molar-refractivity contribution in [1.29, 1.82) is 5.26 Å². The molecule has 3 N–H and O–H groups in total. The molecule has 2 aromatic carbocycles. The minimum Gasteiger partial charge on any atom is -0.504 e. The van der Waals surface area contributed by atoms with Crippen LogP contribution in [0.4, 0.5) is 5.69 Å². The van der Waals surface area contributed by atoms with Gasteiger partial charge in [0.2, 0.25) is 0 Å². The zero-order valence-corrected chi connectivity index (χ0v) is 13.3. The lowest BCUT2D eigenvalue weighted by Crippen LogP contribution is -2.21. The summed E-state index contributed by atoms with van der Waals surface area (Å²) in [5.41, 5.74) is 0.681. The number of nitriles is 1. The fourth-order valence-corrected chi connectivity index (χ4v) is 1.93. The largest absolute Gasteiger partial charge is 0.504 e. The van der Waals surface area contributed by atoms with Crippen molar-refractivity contribution in [3.05, 3.63) is 81.6 Å². The smallest absolute Gasteiger partial charge is 0.269 e. The SMILES string of the molecule is N#CC(=CC=Cc1ccc([N+](=O)[O-])cc1)NC(=O)c1ccc(O)c(O)c1. The summed E-state index contributed by atoms with van der Waals surface area (Å²) in [4.78, 5) is 22.1. The molecule has 130 valence electrons. The topological polar surface area (TPSA) is 136 Å². The van der Waals surface area contributed by atoms with Gasteiger partial charge in [0.25, 0.3) is 11.6 Å². The Bertz CT molecular complexity index is 940. The van der Waals surface area contributed by atoms with Gasteiger partial charge in [-0.05, 0) is 42.0 Å². The van der Waals surface area contributed by atoms with Gasteiger partial charge in [0.15, 0.2) is 11.5 Å². The number of carbonyl (C=O) groups excluding carboxylic acids is 1. The summed E-state index contributed by atoms with van der Waals surface area (Å²) < 4.78 is 0. The molecule has 0 radical (unpaired) electrons. The predicted molar refractivity (Wildman–Crippen MR) is 93.1 cm³/mol. The second-order valence-electron chi connectivity index (χ2n) is 5.06. The maximum Gasteiger partial charge on any atom is 0.269 e. The number of allylic oxidation sites excluding steroid dienone is 3. The number of benzene rings is 2. The molecule has 0 bridgehead atoms. The van der Waals surface area contributed by atoms with Crippen LogP contribution < -0.4 is 5.32 Å². The molecule has 2 aromatic rings. The van der Waals surface area contributed by atoms with E-state index in [-0.39, 0.29) is 22.7 Å². The van der Waals surface area contributed by atoms with E-state index in [4.69, 9.17) is 5.26 Å². The minimum atomic E-state index is -0.628. The highest BCUT2D eigenvalue weighted by Crippen LogP contribution is 2.24. The van der Waals surface area contributed by atoms with Gasteiger partial charge < -0.3 is 15.5 Å². The van der Waals surface area contributed by atoms with E-state index < -0.39 is 16.6 Å². The van der Waals surface area contributed by atoms with Crippen LogP contribution >= 0.6 is 0 Å². The molecule has 8 nitrogen and oxygen atoms in total. The van der Waals surface area contributed by atoms with Crippen molar-refractivity contribution >= 4 is 17.7 Å². The summed E-state index contributed by atoms with van der Waals surface area (Å²) in [7, 11) is 0. The lowest BCUT2D eigenvalue weighted by atomic mass is 10.1. The number of amides is 1. The van der Waals surface area contributed by atoms with Crippen molar-refractivity contribution in [3.63, 3.8) is 0 Å². The summed E-state index contributed by atoms with van der Waals surface area (Å²) >= 11 is 0. The van der Waals surface area contributed by atoms with Crippen LogP contribution in [-0.2, 0) is 0 Å². The Balaban J connectivity index is 2.07. The molecule has 0 saturated heterocycles. The van der Waals surface area contributed by atoms with Gasteiger partial charge in [-0.3, -0.25) is 14.9 Å². The second-order valence-corrected chi connectivity index (χ2v) is 5.06. The van der Waals surface area contributed by atoms with Gasteiger partial charge in [0.1, 0.15) is 11.8 Å². The number of aromatic hydroxyl groups is 2. The fraction of sp³-hybridized carbons (Fsp3) is 0. The number of rotatable bonds is 5. The molecule has 0 aromatic heterocycles. The minimum absolute atomic E-state index is 0.0279. The van der Waals surface area contributed by atoms with Gasteiger partial charge in [0.05, 0.1) is 4.92 Å². The zero-order valence-electron chi connectivity index (χ0n) is 13.3. The summed E-state index contributed by atoms with van der Waals surface area (Å²) in [5.74, 6) is -1.43. The van der Waals surface area contributed by atoms with Crippen LogP contribution in [0.5, 0.6) is 11.5 Å². The molecule has 0 heterocycles. The number of nitrogens with one attached hydrogen (secondary N) is 1. The van der Waals surface area contributed by atoms with E-state index in [0.717, 1.165) is 12.1 Å². The van der Waals surface area contributed by atoms with Gasteiger partial charge in [-0.15, -0.1) is 0 Å². The number of hydrogen-bond acceptors (Lipinski definition) is 6. The summed E-state index contributed by atoms with van der Waals surface area (Å²) in [6, 6.07) is 11.2. The third-order valence-electron chi connectivity index (χ3n) is 3.26. The van der Waals surface area contributed by atoms with Crippen LogP contribution in [0.15, 0.2) is 60.3 Å². The number of phenolic OH excluding ortho intramolecular Hbond substituents is 2. The summed E-state index contributed by atoms with van der Waals surface area (Å²) in [6.07, 6.45) is 4.48. The average molecular weight is 351 g/mol. The molecule has 1 amide bonds. The van der Waals surface area contributed by atoms with Crippen LogP contribution in [0.25, 0.3) is 6.08 Å². The Hall–Kier alpha value is -4.12. The molecule has 0 unspecified atom stereocenters. The highest BCUT2D eigenvalue weighted by atomic mass is 16.6. The van der Waals surface area contributed by atoms with E-state index in [1.165, 1.54) is 30.4 Å². The maximum absolute atomic E-state index is 12.0. The van der Waals surface area contributed by atoms with Crippen molar-refractivity contribution in [2.24, 2.45) is 0 Å². The first-order valence-electron chi connectivity index (χ1n) is 7.27. The third-order valence-corrected chi connectivity index (χ3v) is 3.26. The van der Waals surface area contributed by atoms with Crippen molar-refractivity contribution in [2.75, 3.05) is 0 Å². The normalized spacial score (nSPS) is 11.1. The van der Waals surface area contributed by atoms with Crippen LogP contribution in [0.2, 0.25) is 0 Å². The molecule has 0 saturated carbocycles. The lowest BCUT2D eigenvalue weighted by molar-refractivity contribution is -0.384. The monoisotopic (exact) mass is 351 g/mol. The molecule has 0 spiro atoms. The number of nitro groups is 1. The Morgan fingerprint density at radius 3 is 2.42 bits per heavy atom. The summed E-state index contributed by atoms with van der Waals surface area (Å²) in [5, 5.41) is 40.7. The van der Waals surface area contributed by atoms with Gasteiger partial charge in [-0.1, -0.05) is 12.2 Å². The van der Waals surface area contributed by atoms with Crippen molar-refractivity contribution < 1.29 is 19.9 Å². The van der Waals surface area contributed by atoms with Crippen LogP contribution in [0.1, 0.15) is 15.9 Å². The predicted octanol–water partition coefficient (Wildman–Crippen LogP) is 2.86. The van der Waals surface area contributed by atoms with Gasteiger partial charge in [0, 0.05) is 17.7 Å².